The normalized spacial score (nSPS) is 16.0. The Bertz CT molecular complexity index is 788. The molecule has 3 rings (SSSR count). The van der Waals surface area contributed by atoms with E-state index in [1.54, 1.807) is 18.2 Å². The van der Waals surface area contributed by atoms with Gasteiger partial charge in [0.2, 0.25) is 11.8 Å². The summed E-state index contributed by atoms with van der Waals surface area (Å²) in [6, 6.07) is 12.2. The predicted octanol–water partition coefficient (Wildman–Crippen LogP) is 2.14. The van der Waals surface area contributed by atoms with Crippen molar-refractivity contribution in [1.29, 1.82) is 0 Å². The summed E-state index contributed by atoms with van der Waals surface area (Å²) in [6.07, 6.45) is 0.127. The van der Waals surface area contributed by atoms with E-state index in [0.717, 1.165) is 11.1 Å². The number of phenols is 1. The van der Waals surface area contributed by atoms with E-state index in [-0.39, 0.29) is 30.5 Å². The van der Waals surface area contributed by atoms with Crippen molar-refractivity contribution in [3.05, 3.63) is 53.6 Å². The zero-order chi connectivity index (χ0) is 17.1. The van der Waals surface area contributed by atoms with Crippen LogP contribution in [0.3, 0.4) is 0 Å². The SMILES string of the molecule is COc1cc(CNC(=O)[C@H]2CC(=O)Nc3ccccc32)ccc1O. The third-order valence-corrected chi connectivity index (χ3v) is 4.03. The highest BCUT2D eigenvalue weighted by Gasteiger charge is 2.30. The van der Waals surface area contributed by atoms with E-state index in [2.05, 4.69) is 10.6 Å². The first-order chi connectivity index (χ1) is 11.6. The standard InChI is InChI=1S/C18H18N2O4/c1-24-16-8-11(6-7-15(16)21)10-19-18(23)13-9-17(22)20-14-5-3-2-4-12(13)14/h2-8,13,21H,9-10H2,1H3,(H,19,23)(H,20,22)/t13-/m0/s1. The van der Waals surface area contributed by atoms with Crippen LogP contribution in [0.15, 0.2) is 42.5 Å². The molecule has 0 bridgehead atoms. The number of rotatable bonds is 4. The molecule has 6 nitrogen and oxygen atoms in total. The van der Waals surface area contributed by atoms with Crippen molar-refractivity contribution in [2.75, 3.05) is 12.4 Å². The summed E-state index contributed by atoms with van der Waals surface area (Å²) in [5, 5.41) is 15.2. The second kappa shape index (κ2) is 6.62. The van der Waals surface area contributed by atoms with Crippen molar-refractivity contribution in [3.63, 3.8) is 0 Å². The minimum atomic E-state index is -0.506. The number of nitrogens with one attached hydrogen (secondary N) is 2. The zero-order valence-electron chi connectivity index (χ0n) is 13.2. The summed E-state index contributed by atoms with van der Waals surface area (Å²) in [5.41, 5.74) is 2.30. The van der Waals surface area contributed by atoms with Gasteiger partial charge in [-0.15, -0.1) is 0 Å². The van der Waals surface area contributed by atoms with Crippen molar-refractivity contribution in [2.24, 2.45) is 0 Å². The Morgan fingerprint density at radius 3 is 2.92 bits per heavy atom. The fourth-order valence-corrected chi connectivity index (χ4v) is 2.79. The minimum absolute atomic E-state index is 0.0467. The first kappa shape index (κ1) is 15.9. The molecule has 0 radical (unpaired) electrons. The molecule has 124 valence electrons. The summed E-state index contributed by atoms with van der Waals surface area (Å²) in [5.74, 6) is -0.479. The minimum Gasteiger partial charge on any atom is -0.504 e. The van der Waals surface area contributed by atoms with Crippen LogP contribution in [0, 0.1) is 0 Å². The lowest BCUT2D eigenvalue weighted by atomic mass is 9.90. The molecule has 2 aromatic rings. The van der Waals surface area contributed by atoms with Gasteiger partial charge in [-0.1, -0.05) is 24.3 Å². The first-order valence-electron chi connectivity index (χ1n) is 7.61. The van der Waals surface area contributed by atoms with Gasteiger partial charge in [0, 0.05) is 18.7 Å². The molecule has 0 fully saturated rings. The van der Waals surface area contributed by atoms with Crippen LogP contribution in [0.2, 0.25) is 0 Å². The van der Waals surface area contributed by atoms with Gasteiger partial charge in [0.05, 0.1) is 13.0 Å². The molecular formula is C18H18N2O4. The average molecular weight is 326 g/mol. The molecule has 6 heteroatoms. The number of fused-ring (bicyclic) bond motifs is 1. The van der Waals surface area contributed by atoms with Gasteiger partial charge in [0.25, 0.3) is 0 Å². The highest BCUT2D eigenvalue weighted by Crippen LogP contribution is 2.32. The van der Waals surface area contributed by atoms with E-state index in [9.17, 15) is 14.7 Å². The highest BCUT2D eigenvalue weighted by atomic mass is 16.5. The lowest BCUT2D eigenvalue weighted by molar-refractivity contribution is -0.126. The first-order valence-corrected chi connectivity index (χ1v) is 7.61. The number of benzene rings is 2. The summed E-state index contributed by atoms with van der Waals surface area (Å²) in [6.45, 7) is 0.287. The van der Waals surface area contributed by atoms with Gasteiger partial charge in [0.15, 0.2) is 11.5 Å². The van der Waals surface area contributed by atoms with Crippen LogP contribution in [0.4, 0.5) is 5.69 Å². The topological polar surface area (TPSA) is 87.7 Å². The van der Waals surface area contributed by atoms with Gasteiger partial charge < -0.3 is 20.5 Å². The van der Waals surface area contributed by atoms with Crippen LogP contribution in [-0.2, 0) is 16.1 Å². The number of anilines is 1. The smallest absolute Gasteiger partial charge is 0.228 e. The number of ether oxygens (including phenoxy) is 1. The van der Waals surface area contributed by atoms with Gasteiger partial charge in [0.1, 0.15) is 0 Å². The Morgan fingerprint density at radius 2 is 2.12 bits per heavy atom. The molecule has 3 N–H and O–H groups in total. The summed E-state index contributed by atoms with van der Waals surface area (Å²) in [7, 11) is 1.47. The fraction of sp³-hybridized carbons (Fsp3) is 0.222. The lowest BCUT2D eigenvalue weighted by Crippen LogP contribution is -2.34. The molecule has 0 unspecified atom stereocenters. The average Bonchev–Trinajstić information content (AvgIpc) is 2.60. The van der Waals surface area contributed by atoms with E-state index >= 15 is 0 Å². The molecule has 2 aromatic carbocycles. The molecule has 0 aliphatic carbocycles. The molecule has 1 aliphatic heterocycles. The van der Waals surface area contributed by atoms with Crippen LogP contribution in [0.25, 0.3) is 0 Å². The third-order valence-electron chi connectivity index (χ3n) is 4.03. The van der Waals surface area contributed by atoms with Crippen LogP contribution < -0.4 is 15.4 Å². The molecule has 1 heterocycles. The van der Waals surface area contributed by atoms with Crippen LogP contribution >= 0.6 is 0 Å². The summed E-state index contributed by atoms with van der Waals surface area (Å²) < 4.78 is 5.05. The van der Waals surface area contributed by atoms with E-state index in [1.165, 1.54) is 13.2 Å². The van der Waals surface area contributed by atoms with Crippen LogP contribution in [0.1, 0.15) is 23.5 Å². The van der Waals surface area contributed by atoms with Crippen molar-refractivity contribution >= 4 is 17.5 Å². The largest absolute Gasteiger partial charge is 0.504 e. The van der Waals surface area contributed by atoms with Crippen molar-refractivity contribution in [1.82, 2.24) is 5.32 Å². The number of hydrogen-bond donors (Lipinski definition) is 3. The third kappa shape index (κ3) is 3.17. The Balaban J connectivity index is 1.73. The van der Waals surface area contributed by atoms with E-state index in [1.807, 2.05) is 18.2 Å². The van der Waals surface area contributed by atoms with Gasteiger partial charge in [-0.3, -0.25) is 9.59 Å². The molecule has 0 saturated carbocycles. The highest BCUT2D eigenvalue weighted by molar-refractivity contribution is 6.01. The monoisotopic (exact) mass is 326 g/mol. The van der Waals surface area contributed by atoms with Gasteiger partial charge in [-0.05, 0) is 29.3 Å². The van der Waals surface area contributed by atoms with E-state index in [4.69, 9.17) is 4.74 Å². The van der Waals surface area contributed by atoms with Gasteiger partial charge in [-0.25, -0.2) is 0 Å². The Kier molecular flexibility index (Phi) is 4.37. The summed E-state index contributed by atoms with van der Waals surface area (Å²) >= 11 is 0. The van der Waals surface area contributed by atoms with Crippen LogP contribution in [-0.4, -0.2) is 24.0 Å². The number of carbonyl (C=O) groups excluding carboxylic acids is 2. The maximum atomic E-state index is 12.5. The quantitative estimate of drug-likeness (QED) is 0.803. The van der Waals surface area contributed by atoms with Gasteiger partial charge >= 0.3 is 0 Å². The number of amides is 2. The molecule has 0 saturated heterocycles. The van der Waals surface area contributed by atoms with Crippen molar-refractivity contribution < 1.29 is 19.4 Å². The Labute approximate surface area is 139 Å². The Morgan fingerprint density at radius 1 is 1.33 bits per heavy atom. The lowest BCUT2D eigenvalue weighted by Gasteiger charge is -2.24. The molecule has 0 spiro atoms. The molecule has 1 atom stereocenters. The van der Waals surface area contributed by atoms with Crippen molar-refractivity contribution in [2.45, 2.75) is 18.9 Å². The second-order valence-electron chi connectivity index (χ2n) is 5.62. The van der Waals surface area contributed by atoms with Crippen molar-refractivity contribution in [3.8, 4) is 11.5 Å². The Hall–Kier alpha value is -3.02. The molecule has 1 aliphatic rings. The number of methoxy groups -OCH3 is 1. The molecule has 2 amide bonds. The van der Waals surface area contributed by atoms with Crippen LogP contribution in [0.5, 0.6) is 11.5 Å². The number of aromatic hydroxyl groups is 1. The van der Waals surface area contributed by atoms with Gasteiger partial charge in [-0.2, -0.15) is 0 Å². The maximum absolute atomic E-state index is 12.5. The molecular weight excluding hydrogens is 308 g/mol. The zero-order valence-corrected chi connectivity index (χ0v) is 13.2. The fourth-order valence-electron chi connectivity index (χ4n) is 2.79. The van der Waals surface area contributed by atoms with E-state index in [0.29, 0.717) is 11.4 Å². The van der Waals surface area contributed by atoms with E-state index < -0.39 is 5.92 Å². The number of carbonyl (C=O) groups is 2. The molecule has 24 heavy (non-hydrogen) atoms. The number of para-hydroxylation sites is 1. The molecule has 0 aromatic heterocycles. The predicted molar refractivity (Wildman–Crippen MR) is 88.9 cm³/mol. The second-order valence-corrected chi connectivity index (χ2v) is 5.62. The maximum Gasteiger partial charge on any atom is 0.228 e. The number of hydrogen-bond acceptors (Lipinski definition) is 4. The number of phenolic OH excluding ortho intramolecular Hbond substituents is 1. The summed E-state index contributed by atoms with van der Waals surface area (Å²) in [4.78, 5) is 24.3.